The number of hydrogen-bond donors (Lipinski definition) is 1. The zero-order valence-corrected chi connectivity index (χ0v) is 19.3. The monoisotopic (exact) mass is 444 g/mol. The van der Waals surface area contributed by atoms with Crippen LogP contribution in [-0.2, 0) is 16.0 Å². The Labute approximate surface area is 194 Å². The van der Waals surface area contributed by atoms with Gasteiger partial charge in [0.25, 0.3) is 0 Å². The largest absolute Gasteiger partial charge is 0.326 e. The summed E-state index contributed by atoms with van der Waals surface area (Å²) < 4.78 is 0. The zero-order chi connectivity index (χ0) is 22.5. The smallest absolute Gasteiger partial charge is 0.238 e. The van der Waals surface area contributed by atoms with Gasteiger partial charge in [0.15, 0.2) is 0 Å². The number of nitrogens with one attached hydrogen (secondary N) is 1. The second kappa shape index (κ2) is 10.0. The molecule has 1 heterocycles. The molecule has 1 aliphatic rings. The molecule has 4 rings (SSSR count). The van der Waals surface area contributed by atoms with E-state index in [1.807, 2.05) is 78.6 Å². The van der Waals surface area contributed by atoms with E-state index >= 15 is 0 Å². The van der Waals surface area contributed by atoms with Crippen LogP contribution in [0.1, 0.15) is 48.3 Å². The van der Waals surface area contributed by atoms with Crippen LogP contribution < -0.4 is 10.2 Å². The summed E-state index contributed by atoms with van der Waals surface area (Å²) >= 11 is 1.62. The van der Waals surface area contributed by atoms with Gasteiger partial charge in [-0.05, 0) is 53.8 Å². The van der Waals surface area contributed by atoms with Crippen molar-refractivity contribution in [2.24, 2.45) is 0 Å². The number of thioether (sulfide) groups is 1. The summed E-state index contributed by atoms with van der Waals surface area (Å²) in [5, 5.41) is 2.98. The maximum Gasteiger partial charge on any atom is 0.238 e. The van der Waals surface area contributed by atoms with Gasteiger partial charge in [-0.1, -0.05) is 68.4 Å². The maximum atomic E-state index is 13.0. The first-order valence-corrected chi connectivity index (χ1v) is 12.1. The highest BCUT2D eigenvalue weighted by atomic mass is 32.2. The molecule has 4 nitrogen and oxygen atoms in total. The maximum absolute atomic E-state index is 13.0. The van der Waals surface area contributed by atoms with E-state index in [-0.39, 0.29) is 23.1 Å². The van der Waals surface area contributed by atoms with Gasteiger partial charge in [-0.2, -0.15) is 0 Å². The molecule has 0 spiro atoms. The highest BCUT2D eigenvalue weighted by Gasteiger charge is 2.34. The summed E-state index contributed by atoms with van der Waals surface area (Å²) in [6.07, 6.45) is 1.65. The minimum Gasteiger partial charge on any atom is -0.326 e. The van der Waals surface area contributed by atoms with Crippen molar-refractivity contribution in [3.8, 4) is 0 Å². The Morgan fingerprint density at radius 1 is 1.03 bits per heavy atom. The molecule has 0 unspecified atom stereocenters. The second-order valence-electron chi connectivity index (χ2n) is 7.94. The van der Waals surface area contributed by atoms with E-state index in [0.29, 0.717) is 5.75 Å². The molecule has 1 N–H and O–H groups in total. The molecule has 32 heavy (non-hydrogen) atoms. The Balaban J connectivity index is 1.56. The number of benzene rings is 3. The fourth-order valence-corrected chi connectivity index (χ4v) is 5.30. The molecule has 0 radical (unpaired) electrons. The van der Waals surface area contributed by atoms with Crippen LogP contribution in [-0.4, -0.2) is 17.6 Å². The predicted octanol–water partition coefficient (Wildman–Crippen LogP) is 6.16. The van der Waals surface area contributed by atoms with E-state index in [0.717, 1.165) is 35.3 Å². The Kier molecular flexibility index (Phi) is 6.96. The topological polar surface area (TPSA) is 49.4 Å². The van der Waals surface area contributed by atoms with Gasteiger partial charge in [0.1, 0.15) is 5.37 Å². The van der Waals surface area contributed by atoms with Crippen molar-refractivity contribution in [2.45, 2.75) is 38.0 Å². The molecule has 1 fully saturated rings. The molecule has 1 saturated heterocycles. The Morgan fingerprint density at radius 2 is 1.81 bits per heavy atom. The molecule has 0 aliphatic carbocycles. The van der Waals surface area contributed by atoms with Crippen LogP contribution in [0.3, 0.4) is 0 Å². The molecule has 2 atom stereocenters. The summed E-state index contributed by atoms with van der Waals surface area (Å²) in [6, 6.07) is 25.9. The average Bonchev–Trinajstić information content (AvgIpc) is 3.22. The number of anilines is 2. The molecule has 164 valence electrons. The van der Waals surface area contributed by atoms with Crippen LogP contribution in [0.5, 0.6) is 0 Å². The fourth-order valence-electron chi connectivity index (χ4n) is 4.13. The molecular weight excluding hydrogens is 416 g/mol. The van der Waals surface area contributed by atoms with E-state index in [2.05, 4.69) is 24.4 Å². The van der Waals surface area contributed by atoms with Crippen molar-refractivity contribution in [1.82, 2.24) is 0 Å². The number of aryl methyl sites for hydroxylation is 1. The Bertz CT molecular complexity index is 1100. The number of rotatable bonds is 7. The van der Waals surface area contributed by atoms with Gasteiger partial charge in [0.2, 0.25) is 11.8 Å². The van der Waals surface area contributed by atoms with Crippen LogP contribution in [0, 0.1) is 0 Å². The average molecular weight is 445 g/mol. The van der Waals surface area contributed by atoms with Crippen LogP contribution >= 0.6 is 11.8 Å². The Hall–Kier alpha value is -3.05. The van der Waals surface area contributed by atoms with E-state index in [4.69, 9.17) is 0 Å². The first kappa shape index (κ1) is 22.2. The van der Waals surface area contributed by atoms with Crippen molar-refractivity contribution in [3.05, 3.63) is 95.6 Å². The number of amides is 2. The molecule has 0 aromatic heterocycles. The molecule has 0 saturated carbocycles. The fraction of sp³-hybridized carbons (Fsp3) is 0.259. The first-order valence-electron chi connectivity index (χ1n) is 11.1. The number of hydrogen-bond acceptors (Lipinski definition) is 3. The predicted molar refractivity (Wildman–Crippen MR) is 133 cm³/mol. The van der Waals surface area contributed by atoms with Gasteiger partial charge in [-0.15, -0.1) is 11.8 Å². The van der Waals surface area contributed by atoms with E-state index < -0.39 is 0 Å². The number of carbonyl (C=O) groups is 2. The lowest BCUT2D eigenvalue weighted by Gasteiger charge is -2.25. The lowest BCUT2D eigenvalue weighted by atomic mass is 9.95. The van der Waals surface area contributed by atoms with Crippen molar-refractivity contribution in [1.29, 1.82) is 0 Å². The molecule has 3 aromatic rings. The molecule has 2 amide bonds. The molecule has 5 heteroatoms. The standard InChI is InChI=1S/C27H28N2O2S/c1-3-19-10-8-15-23(16-19)29-25(30)18-32-27(29)21-13-9-14-22(17-21)28-26(31)24(4-2)20-11-6-5-7-12-20/h5-17,24,27H,3-4,18H2,1-2H3,(H,28,31)/t24-,27-/m0/s1. The van der Waals surface area contributed by atoms with Crippen molar-refractivity contribution in [3.63, 3.8) is 0 Å². The van der Waals surface area contributed by atoms with E-state index in [9.17, 15) is 9.59 Å². The van der Waals surface area contributed by atoms with E-state index in [1.54, 1.807) is 11.8 Å². The lowest BCUT2D eigenvalue weighted by molar-refractivity contribution is -0.118. The third kappa shape index (κ3) is 4.73. The van der Waals surface area contributed by atoms with Crippen molar-refractivity contribution < 1.29 is 9.59 Å². The van der Waals surface area contributed by atoms with Gasteiger partial charge >= 0.3 is 0 Å². The molecule has 3 aromatic carbocycles. The summed E-state index contributed by atoms with van der Waals surface area (Å²) in [6.45, 7) is 4.14. The molecular formula is C27H28N2O2S. The zero-order valence-electron chi connectivity index (χ0n) is 18.5. The van der Waals surface area contributed by atoms with Gasteiger partial charge < -0.3 is 5.32 Å². The van der Waals surface area contributed by atoms with E-state index in [1.165, 1.54) is 5.56 Å². The lowest BCUT2D eigenvalue weighted by Crippen LogP contribution is -2.28. The summed E-state index contributed by atoms with van der Waals surface area (Å²) in [4.78, 5) is 27.6. The second-order valence-corrected chi connectivity index (χ2v) is 9.01. The van der Waals surface area contributed by atoms with Crippen molar-refractivity contribution in [2.75, 3.05) is 16.0 Å². The SMILES string of the molecule is CCc1cccc(N2C(=O)CS[C@H]2c2cccc(NC(=O)[C@@H](CC)c3ccccc3)c2)c1. The quantitative estimate of drug-likeness (QED) is 0.475. The van der Waals surface area contributed by atoms with Crippen LogP contribution in [0.15, 0.2) is 78.9 Å². The van der Waals surface area contributed by atoms with Gasteiger partial charge in [0.05, 0.1) is 11.7 Å². The van der Waals surface area contributed by atoms with Gasteiger partial charge in [-0.25, -0.2) is 0 Å². The van der Waals surface area contributed by atoms with Crippen LogP contribution in [0.2, 0.25) is 0 Å². The number of nitrogens with zero attached hydrogens (tertiary/aromatic N) is 1. The Morgan fingerprint density at radius 3 is 2.56 bits per heavy atom. The van der Waals surface area contributed by atoms with Crippen LogP contribution in [0.4, 0.5) is 11.4 Å². The van der Waals surface area contributed by atoms with Gasteiger partial charge in [-0.3, -0.25) is 14.5 Å². The minimum atomic E-state index is -0.199. The highest BCUT2D eigenvalue weighted by Crippen LogP contribution is 2.42. The third-order valence-corrected chi connectivity index (χ3v) is 7.04. The normalized spacial score (nSPS) is 16.8. The third-order valence-electron chi connectivity index (χ3n) is 5.83. The molecule has 0 bridgehead atoms. The number of carbonyl (C=O) groups excluding carboxylic acids is 2. The van der Waals surface area contributed by atoms with Crippen LogP contribution in [0.25, 0.3) is 0 Å². The summed E-state index contributed by atoms with van der Waals surface area (Å²) in [5.74, 6) is 0.343. The summed E-state index contributed by atoms with van der Waals surface area (Å²) in [5.41, 5.74) is 4.91. The van der Waals surface area contributed by atoms with Crippen molar-refractivity contribution >= 4 is 35.0 Å². The minimum absolute atomic E-state index is 0.0153. The first-order chi connectivity index (χ1) is 15.6. The molecule has 1 aliphatic heterocycles. The van der Waals surface area contributed by atoms with Gasteiger partial charge in [0, 0.05) is 11.4 Å². The highest BCUT2D eigenvalue weighted by molar-refractivity contribution is 8.00. The summed E-state index contributed by atoms with van der Waals surface area (Å²) in [7, 11) is 0.